The zero-order valence-electron chi connectivity index (χ0n) is 20.3. The largest absolute Gasteiger partial charge is 0.364 e. The van der Waals surface area contributed by atoms with Gasteiger partial charge in [-0.3, -0.25) is 0 Å². The normalized spacial score (nSPS) is 12.8. The molecule has 3 heterocycles. The molecule has 3 aromatic heterocycles. The van der Waals surface area contributed by atoms with Crippen molar-refractivity contribution in [3.05, 3.63) is 54.9 Å². The van der Waals surface area contributed by atoms with E-state index in [2.05, 4.69) is 35.7 Å². The molecule has 0 bridgehead atoms. The van der Waals surface area contributed by atoms with Crippen LogP contribution in [0.1, 0.15) is 25.5 Å². The van der Waals surface area contributed by atoms with Crippen molar-refractivity contribution >= 4 is 33.0 Å². The number of nitrogens with zero attached hydrogens (tertiary/aromatic N) is 7. The maximum Gasteiger partial charge on any atom is 0.257 e. The summed E-state index contributed by atoms with van der Waals surface area (Å²) >= 11 is 0. The first-order valence-corrected chi connectivity index (χ1v) is 12.9. The molecule has 0 aliphatic carbocycles. The van der Waals surface area contributed by atoms with Crippen LogP contribution < -0.4 is 10.6 Å². The molecule has 0 saturated carbocycles. The molecule has 4 aromatic rings. The van der Waals surface area contributed by atoms with Crippen molar-refractivity contribution in [1.29, 1.82) is 0 Å². The van der Waals surface area contributed by atoms with E-state index in [0.29, 0.717) is 23.5 Å². The summed E-state index contributed by atoms with van der Waals surface area (Å²) in [5, 5.41) is 10.2. The van der Waals surface area contributed by atoms with Gasteiger partial charge in [0.25, 0.3) is 10.0 Å². The Kier molecular flexibility index (Phi) is 8.07. The fraction of sp³-hybridized carbons (Fsp3) is 0.409. The van der Waals surface area contributed by atoms with E-state index >= 15 is 0 Å². The summed E-state index contributed by atoms with van der Waals surface area (Å²) < 4.78 is 38.8. The molecule has 1 unspecified atom stereocenters. The lowest BCUT2D eigenvalue weighted by atomic mass is 10.2. The van der Waals surface area contributed by atoms with Crippen LogP contribution in [0, 0.1) is 0 Å². The van der Waals surface area contributed by atoms with Crippen LogP contribution in [0.15, 0.2) is 49.3 Å². The van der Waals surface area contributed by atoms with Gasteiger partial charge in [0, 0.05) is 19.7 Å². The van der Waals surface area contributed by atoms with Crippen LogP contribution in [0.4, 0.5) is 11.8 Å². The molecule has 13 nitrogen and oxygen atoms in total. The number of rotatable bonds is 13. The van der Waals surface area contributed by atoms with Gasteiger partial charge in [-0.2, -0.15) is 9.97 Å². The van der Waals surface area contributed by atoms with Gasteiger partial charge in [-0.05, 0) is 19.4 Å². The van der Waals surface area contributed by atoms with Gasteiger partial charge in [0.2, 0.25) is 5.95 Å². The number of ether oxygens (including phenoxy) is 2. The molecule has 0 saturated heterocycles. The van der Waals surface area contributed by atoms with Crippen molar-refractivity contribution in [2.75, 3.05) is 36.9 Å². The number of anilines is 2. The number of hydrogen-bond acceptors (Lipinski definition) is 11. The molecule has 0 radical (unpaired) electrons. The van der Waals surface area contributed by atoms with E-state index in [1.807, 2.05) is 48.7 Å². The molecule has 1 atom stereocenters. The number of hydrogen-bond donors (Lipinski definition) is 2. The van der Waals surface area contributed by atoms with Crippen molar-refractivity contribution in [2.45, 2.75) is 32.5 Å². The van der Waals surface area contributed by atoms with Gasteiger partial charge in [0.05, 0.1) is 24.7 Å². The number of nitrogens with one attached hydrogen (secondary N) is 2. The highest BCUT2D eigenvalue weighted by molar-refractivity contribution is 7.89. The van der Waals surface area contributed by atoms with Crippen molar-refractivity contribution < 1.29 is 17.9 Å². The third kappa shape index (κ3) is 6.13. The fourth-order valence-electron chi connectivity index (χ4n) is 3.52. The van der Waals surface area contributed by atoms with Gasteiger partial charge < -0.3 is 24.7 Å². The molecule has 0 aliphatic rings. The Morgan fingerprint density at radius 1 is 1.11 bits per heavy atom. The summed E-state index contributed by atoms with van der Waals surface area (Å²) in [7, 11) is -2.32. The minimum absolute atomic E-state index is 0.00540. The number of fused-ring (bicyclic) bond motifs is 1. The van der Waals surface area contributed by atoms with E-state index in [4.69, 9.17) is 9.47 Å². The van der Waals surface area contributed by atoms with Crippen molar-refractivity contribution in [3.8, 4) is 0 Å². The number of benzene rings is 1. The standard InChI is InChI=1S/C22H29N9O4S/c1-16(2)30-14-25-19-20(24-9-17-7-5-4-6-8-17)28-22(29-21(19)30)27-18(10-35-15-34-3)11-36(32,33)31-13-23-12-26-31/h4-8,12-14,16,18H,9-11,15H2,1-3H3,(H2,24,27,28,29). The Morgan fingerprint density at radius 2 is 1.92 bits per heavy atom. The lowest BCUT2D eigenvalue weighted by Crippen LogP contribution is -2.36. The van der Waals surface area contributed by atoms with Crippen LogP contribution in [0.25, 0.3) is 11.2 Å². The second-order valence-electron chi connectivity index (χ2n) is 8.32. The molecular formula is C22H29N9O4S. The highest BCUT2D eigenvalue weighted by Crippen LogP contribution is 2.24. The van der Waals surface area contributed by atoms with Gasteiger partial charge in [-0.15, -0.1) is 9.19 Å². The van der Waals surface area contributed by atoms with E-state index < -0.39 is 16.1 Å². The molecule has 14 heteroatoms. The molecule has 0 fully saturated rings. The predicted octanol–water partition coefficient (Wildman–Crippen LogP) is 1.89. The molecule has 4 rings (SSSR count). The van der Waals surface area contributed by atoms with Crippen LogP contribution in [0.3, 0.4) is 0 Å². The van der Waals surface area contributed by atoms with Crippen molar-refractivity contribution in [2.24, 2.45) is 0 Å². The predicted molar refractivity (Wildman–Crippen MR) is 134 cm³/mol. The average Bonchev–Trinajstić information content (AvgIpc) is 3.54. The molecular weight excluding hydrogens is 486 g/mol. The summed E-state index contributed by atoms with van der Waals surface area (Å²) in [6.07, 6.45) is 4.02. The molecule has 1 aromatic carbocycles. The van der Waals surface area contributed by atoms with Crippen LogP contribution >= 0.6 is 0 Å². The number of aromatic nitrogens is 7. The quantitative estimate of drug-likeness (QED) is 0.198. The Hall–Kier alpha value is -3.62. The smallest absolute Gasteiger partial charge is 0.257 e. The Morgan fingerprint density at radius 3 is 2.61 bits per heavy atom. The third-order valence-electron chi connectivity index (χ3n) is 5.23. The summed E-state index contributed by atoms with van der Waals surface area (Å²) in [6.45, 7) is 4.62. The molecule has 192 valence electrons. The second-order valence-corrected chi connectivity index (χ2v) is 10.2. The van der Waals surface area contributed by atoms with E-state index in [0.717, 1.165) is 22.3 Å². The lowest BCUT2D eigenvalue weighted by Gasteiger charge is -2.19. The number of methoxy groups -OCH3 is 1. The topological polar surface area (TPSA) is 151 Å². The molecule has 0 aliphatic heterocycles. The van der Waals surface area contributed by atoms with Crippen LogP contribution in [0.2, 0.25) is 0 Å². The Bertz CT molecular complexity index is 1360. The maximum atomic E-state index is 12.8. The highest BCUT2D eigenvalue weighted by atomic mass is 32.2. The van der Waals surface area contributed by atoms with Gasteiger partial charge in [-0.1, -0.05) is 30.3 Å². The highest BCUT2D eigenvalue weighted by Gasteiger charge is 2.24. The molecule has 0 amide bonds. The molecule has 0 spiro atoms. The Balaban J connectivity index is 1.64. The first kappa shape index (κ1) is 25.5. The van der Waals surface area contributed by atoms with Crippen LogP contribution in [-0.2, 0) is 26.0 Å². The van der Waals surface area contributed by atoms with Gasteiger partial charge >= 0.3 is 0 Å². The SMILES string of the molecule is COCOCC(CS(=O)(=O)n1cncn1)Nc1nc(NCc2ccccc2)c2ncn(C(C)C)c2n1. The minimum atomic E-state index is -3.81. The molecule has 2 N–H and O–H groups in total. The fourth-order valence-corrected chi connectivity index (χ4v) is 4.75. The average molecular weight is 516 g/mol. The van der Waals surface area contributed by atoms with Gasteiger partial charge in [0.1, 0.15) is 19.4 Å². The van der Waals surface area contributed by atoms with E-state index in [1.165, 1.54) is 7.11 Å². The minimum Gasteiger partial charge on any atom is -0.364 e. The second kappa shape index (κ2) is 11.4. The molecule has 36 heavy (non-hydrogen) atoms. The van der Waals surface area contributed by atoms with Crippen molar-refractivity contribution in [3.63, 3.8) is 0 Å². The van der Waals surface area contributed by atoms with Gasteiger partial charge in [0.15, 0.2) is 17.0 Å². The number of imidazole rings is 1. The first-order chi connectivity index (χ1) is 17.4. The summed E-state index contributed by atoms with van der Waals surface area (Å²) in [4.78, 5) is 17.5. The summed E-state index contributed by atoms with van der Waals surface area (Å²) in [6, 6.07) is 9.31. The summed E-state index contributed by atoms with van der Waals surface area (Å²) in [5.74, 6) is 0.430. The zero-order chi connectivity index (χ0) is 25.5. The Labute approximate surface area is 209 Å². The summed E-state index contributed by atoms with van der Waals surface area (Å²) in [5.41, 5.74) is 2.31. The van der Waals surface area contributed by atoms with Crippen molar-refractivity contribution in [1.82, 2.24) is 33.7 Å². The lowest BCUT2D eigenvalue weighted by molar-refractivity contribution is -0.0321. The maximum absolute atomic E-state index is 12.8. The monoisotopic (exact) mass is 515 g/mol. The van der Waals surface area contributed by atoms with Crippen LogP contribution in [-0.4, -0.2) is 74.4 Å². The first-order valence-electron chi connectivity index (χ1n) is 11.3. The van der Waals surface area contributed by atoms with E-state index in [1.54, 1.807) is 6.33 Å². The van der Waals surface area contributed by atoms with E-state index in [9.17, 15) is 8.42 Å². The van der Waals surface area contributed by atoms with Gasteiger partial charge in [-0.25, -0.2) is 18.4 Å². The van der Waals surface area contributed by atoms with E-state index in [-0.39, 0.29) is 31.1 Å². The zero-order valence-corrected chi connectivity index (χ0v) is 21.1. The third-order valence-corrected chi connectivity index (χ3v) is 6.81. The van der Waals surface area contributed by atoms with Crippen LogP contribution in [0.5, 0.6) is 0 Å².